The molecule has 0 fully saturated rings. The van der Waals surface area contributed by atoms with Crippen LogP contribution in [-0.2, 0) is 0 Å². The van der Waals surface area contributed by atoms with Gasteiger partial charge < -0.3 is 5.11 Å². The fourth-order valence-corrected chi connectivity index (χ4v) is 2.04. The zero-order valence-electron chi connectivity index (χ0n) is 8.18. The predicted molar refractivity (Wildman–Crippen MR) is 59.2 cm³/mol. The van der Waals surface area contributed by atoms with Gasteiger partial charge >= 0.3 is 0 Å². The first kappa shape index (κ1) is 8.91. The number of nitro benzene ring substituents is 1. The maximum Gasteiger partial charge on any atom is 0.277 e. The predicted octanol–water partition coefficient (Wildman–Crippen LogP) is 2.95. The number of nitro groups is 1. The van der Waals surface area contributed by atoms with Crippen molar-refractivity contribution < 1.29 is 10.0 Å². The topological polar surface area (TPSA) is 63.4 Å². The molecule has 0 atom stereocenters. The SMILES string of the molecule is O=[N+]([O-])c1cc2ccc1-c1cc(O)cc-2c1. The summed E-state index contributed by atoms with van der Waals surface area (Å²) in [5.74, 6) is 0.129. The lowest BCUT2D eigenvalue weighted by Crippen LogP contribution is -1.90. The summed E-state index contributed by atoms with van der Waals surface area (Å²) in [6, 6.07) is 10.1. The highest BCUT2D eigenvalue weighted by molar-refractivity contribution is 5.86. The highest BCUT2D eigenvalue weighted by atomic mass is 16.6. The molecule has 2 aromatic rings. The van der Waals surface area contributed by atoms with Crippen molar-refractivity contribution in [2.24, 2.45) is 0 Å². The number of benzene rings is 2. The number of fused-ring (bicyclic) bond motifs is 2. The number of hydrogen-bond acceptors (Lipinski definition) is 3. The van der Waals surface area contributed by atoms with Crippen LogP contribution in [0, 0.1) is 10.1 Å². The molecule has 0 heterocycles. The van der Waals surface area contributed by atoms with Crippen molar-refractivity contribution in [3.8, 4) is 28.0 Å². The van der Waals surface area contributed by atoms with Crippen molar-refractivity contribution in [1.82, 2.24) is 0 Å². The Bertz CT molecular complexity index is 620. The quantitative estimate of drug-likeness (QED) is 0.499. The summed E-state index contributed by atoms with van der Waals surface area (Å²) in [6.07, 6.45) is 0. The Labute approximate surface area is 90.9 Å². The lowest BCUT2D eigenvalue weighted by atomic mass is 10.1. The van der Waals surface area contributed by atoms with Gasteiger partial charge in [0.2, 0.25) is 0 Å². The molecule has 2 aliphatic carbocycles. The van der Waals surface area contributed by atoms with Crippen molar-refractivity contribution in [2.75, 3.05) is 0 Å². The minimum Gasteiger partial charge on any atom is -0.508 e. The highest BCUT2D eigenvalue weighted by Gasteiger charge is 2.21. The molecule has 16 heavy (non-hydrogen) atoms. The third-order valence-corrected chi connectivity index (χ3v) is 2.76. The Morgan fingerprint density at radius 1 is 1.00 bits per heavy atom. The number of nitrogens with zero attached hydrogens (tertiary/aromatic N) is 1. The molecule has 0 saturated heterocycles. The van der Waals surface area contributed by atoms with Crippen molar-refractivity contribution in [1.29, 1.82) is 0 Å². The number of aromatic hydroxyl groups is 1. The van der Waals surface area contributed by atoms with E-state index in [4.69, 9.17) is 0 Å². The summed E-state index contributed by atoms with van der Waals surface area (Å²) in [5.41, 5.74) is 2.87. The van der Waals surface area contributed by atoms with Crippen LogP contribution in [0.4, 0.5) is 5.69 Å². The van der Waals surface area contributed by atoms with Crippen LogP contribution >= 0.6 is 0 Å². The van der Waals surface area contributed by atoms with Crippen molar-refractivity contribution in [2.45, 2.75) is 0 Å². The van der Waals surface area contributed by atoms with E-state index in [-0.39, 0.29) is 11.4 Å². The van der Waals surface area contributed by atoms with Crippen LogP contribution in [0.3, 0.4) is 0 Å². The monoisotopic (exact) mass is 213 g/mol. The minimum atomic E-state index is -0.397. The standard InChI is InChI=1S/C12H7NO3/c14-10-4-8-3-9(5-10)11-2-1-7(8)6-12(11)13(15)16/h1-6,14H. The van der Waals surface area contributed by atoms with Gasteiger partial charge in [-0.2, -0.15) is 0 Å². The van der Waals surface area contributed by atoms with E-state index in [0.29, 0.717) is 11.1 Å². The largest absolute Gasteiger partial charge is 0.508 e. The molecule has 2 aromatic carbocycles. The van der Waals surface area contributed by atoms with E-state index < -0.39 is 4.92 Å². The Morgan fingerprint density at radius 2 is 1.75 bits per heavy atom. The average Bonchev–Trinajstić information content (AvgIpc) is 2.44. The maximum atomic E-state index is 10.9. The van der Waals surface area contributed by atoms with Gasteiger partial charge in [0, 0.05) is 6.07 Å². The van der Waals surface area contributed by atoms with E-state index in [1.807, 2.05) is 12.1 Å². The number of hydrogen-bond donors (Lipinski definition) is 1. The summed E-state index contributed by atoms with van der Waals surface area (Å²) in [6.45, 7) is 0. The van der Waals surface area contributed by atoms with Crippen molar-refractivity contribution in [3.63, 3.8) is 0 Å². The smallest absolute Gasteiger partial charge is 0.277 e. The summed E-state index contributed by atoms with van der Waals surface area (Å²) >= 11 is 0. The maximum absolute atomic E-state index is 10.9. The van der Waals surface area contributed by atoms with Gasteiger partial charge in [-0.15, -0.1) is 0 Å². The van der Waals surface area contributed by atoms with E-state index in [0.717, 1.165) is 11.1 Å². The van der Waals surface area contributed by atoms with Gasteiger partial charge in [-0.05, 0) is 41.0 Å². The summed E-state index contributed by atoms with van der Waals surface area (Å²) in [5, 5.41) is 20.4. The van der Waals surface area contributed by atoms with Crippen LogP contribution in [0.1, 0.15) is 0 Å². The highest BCUT2D eigenvalue weighted by Crippen LogP contribution is 2.41. The molecule has 0 aromatic heterocycles. The van der Waals surface area contributed by atoms with Crippen LogP contribution in [-0.4, -0.2) is 10.0 Å². The summed E-state index contributed by atoms with van der Waals surface area (Å²) < 4.78 is 0. The molecule has 0 spiro atoms. The lowest BCUT2D eigenvalue weighted by Gasteiger charge is -2.00. The lowest BCUT2D eigenvalue weighted by molar-refractivity contribution is -0.384. The van der Waals surface area contributed by atoms with Gasteiger partial charge in [0.1, 0.15) is 5.75 Å². The zero-order valence-corrected chi connectivity index (χ0v) is 8.18. The zero-order chi connectivity index (χ0) is 11.3. The molecule has 4 bridgehead atoms. The van der Waals surface area contributed by atoms with Gasteiger partial charge in [0.15, 0.2) is 0 Å². The second kappa shape index (κ2) is 2.82. The van der Waals surface area contributed by atoms with Crippen LogP contribution in [0.2, 0.25) is 0 Å². The molecule has 0 aliphatic heterocycles. The normalized spacial score (nSPS) is 11.2. The Balaban J connectivity index is 2.43. The number of phenolic OH excluding ortho intramolecular Hbond substituents is 1. The van der Waals surface area contributed by atoms with E-state index in [1.165, 1.54) is 12.1 Å². The first-order chi connectivity index (χ1) is 7.65. The van der Waals surface area contributed by atoms with Gasteiger partial charge in [0.05, 0.1) is 10.5 Å². The van der Waals surface area contributed by atoms with Crippen molar-refractivity contribution in [3.05, 3.63) is 46.5 Å². The molecule has 4 nitrogen and oxygen atoms in total. The van der Waals surface area contributed by atoms with Gasteiger partial charge in [-0.1, -0.05) is 6.07 Å². The van der Waals surface area contributed by atoms with E-state index in [9.17, 15) is 15.2 Å². The molecular formula is C12H7NO3. The average molecular weight is 213 g/mol. The first-order valence-electron chi connectivity index (χ1n) is 4.78. The van der Waals surface area contributed by atoms with Gasteiger partial charge in [-0.25, -0.2) is 0 Å². The van der Waals surface area contributed by atoms with Crippen molar-refractivity contribution >= 4 is 5.69 Å². The molecule has 4 rings (SSSR count). The molecule has 78 valence electrons. The summed E-state index contributed by atoms with van der Waals surface area (Å²) in [7, 11) is 0. The van der Waals surface area contributed by atoms with Gasteiger partial charge in [0.25, 0.3) is 5.69 Å². The minimum absolute atomic E-state index is 0.0816. The van der Waals surface area contributed by atoms with Crippen LogP contribution in [0.15, 0.2) is 36.4 Å². The molecule has 0 saturated carbocycles. The summed E-state index contributed by atoms with van der Waals surface area (Å²) in [4.78, 5) is 10.5. The Morgan fingerprint density at radius 3 is 2.50 bits per heavy atom. The third kappa shape index (κ3) is 1.10. The Kier molecular flexibility index (Phi) is 1.57. The second-order valence-corrected chi connectivity index (χ2v) is 3.76. The molecular weight excluding hydrogens is 206 g/mol. The number of phenols is 1. The first-order valence-corrected chi connectivity index (χ1v) is 4.78. The molecule has 2 aliphatic rings. The molecule has 0 unspecified atom stereocenters. The molecule has 0 amide bonds. The second-order valence-electron chi connectivity index (χ2n) is 3.76. The third-order valence-electron chi connectivity index (χ3n) is 2.76. The van der Waals surface area contributed by atoms with Gasteiger partial charge in [-0.3, -0.25) is 10.1 Å². The van der Waals surface area contributed by atoms with E-state index >= 15 is 0 Å². The fourth-order valence-electron chi connectivity index (χ4n) is 2.04. The number of rotatable bonds is 1. The van der Waals surface area contributed by atoms with E-state index in [2.05, 4.69) is 0 Å². The fraction of sp³-hybridized carbons (Fsp3) is 0. The molecule has 1 N–H and O–H groups in total. The van der Waals surface area contributed by atoms with Crippen LogP contribution < -0.4 is 0 Å². The van der Waals surface area contributed by atoms with Crippen LogP contribution in [0.5, 0.6) is 5.75 Å². The Hall–Kier alpha value is -2.36. The van der Waals surface area contributed by atoms with E-state index in [1.54, 1.807) is 12.1 Å². The molecule has 0 radical (unpaired) electrons. The van der Waals surface area contributed by atoms with Crippen LogP contribution in [0.25, 0.3) is 22.3 Å². The molecule has 4 heteroatoms.